The average Bonchev–Trinajstić information content (AvgIpc) is 2.33. The van der Waals surface area contributed by atoms with Crippen LogP contribution < -0.4 is 16.8 Å². The number of ether oxygens (including phenoxy) is 1. The maximum Gasteiger partial charge on any atom is 0.405 e. The van der Waals surface area contributed by atoms with Gasteiger partial charge in [-0.3, -0.25) is 0 Å². The van der Waals surface area contributed by atoms with E-state index in [4.69, 9.17) is 16.2 Å². The van der Waals surface area contributed by atoms with E-state index in [2.05, 4.69) is 5.32 Å². The second kappa shape index (κ2) is 6.96. The lowest BCUT2D eigenvalue weighted by atomic mass is 9.81. The quantitative estimate of drug-likeness (QED) is 0.722. The number of nitrogens with two attached hydrogens (primary N) is 2. The van der Waals surface area contributed by atoms with Gasteiger partial charge < -0.3 is 21.5 Å². The molecule has 124 valence electrons. The van der Waals surface area contributed by atoms with Crippen LogP contribution in [0.4, 0.5) is 14.9 Å². The summed E-state index contributed by atoms with van der Waals surface area (Å²) >= 11 is 0. The van der Waals surface area contributed by atoms with E-state index in [1.165, 1.54) is 12.1 Å². The fourth-order valence-corrected chi connectivity index (χ4v) is 2.75. The van der Waals surface area contributed by atoms with Gasteiger partial charge >= 0.3 is 6.09 Å². The Morgan fingerprint density at radius 2 is 1.95 bits per heavy atom. The van der Waals surface area contributed by atoms with E-state index in [1.807, 2.05) is 27.7 Å². The first-order valence-corrected chi connectivity index (χ1v) is 7.25. The first-order chi connectivity index (χ1) is 10.0. The highest BCUT2D eigenvalue weighted by Crippen LogP contribution is 2.31. The number of hydrogen-bond acceptors (Lipinski definition) is 4. The highest BCUT2D eigenvalue weighted by atomic mass is 19.1. The van der Waals surface area contributed by atoms with E-state index < -0.39 is 11.7 Å². The highest BCUT2D eigenvalue weighted by molar-refractivity contribution is 5.65. The SMILES string of the molecule is CC(C)(CNc1cc(F)ccc1CN)CC(C)(C)OC(N)=O. The lowest BCUT2D eigenvalue weighted by molar-refractivity contribution is 0.0143. The van der Waals surface area contributed by atoms with Gasteiger partial charge in [0.25, 0.3) is 0 Å². The van der Waals surface area contributed by atoms with Crippen LogP contribution in [0.25, 0.3) is 0 Å². The zero-order chi connectivity index (χ0) is 17.0. The Morgan fingerprint density at radius 3 is 2.50 bits per heavy atom. The Morgan fingerprint density at radius 1 is 1.32 bits per heavy atom. The molecule has 1 aromatic carbocycles. The highest BCUT2D eigenvalue weighted by Gasteiger charge is 2.31. The Kier molecular flexibility index (Phi) is 5.77. The van der Waals surface area contributed by atoms with Gasteiger partial charge in [-0.25, -0.2) is 9.18 Å². The molecule has 0 aliphatic heterocycles. The van der Waals surface area contributed by atoms with Crippen LogP contribution in [0.1, 0.15) is 39.7 Å². The molecule has 0 heterocycles. The van der Waals surface area contributed by atoms with Crippen molar-refractivity contribution in [2.24, 2.45) is 16.9 Å². The Hall–Kier alpha value is -1.82. The molecule has 0 unspecified atom stereocenters. The molecule has 6 heteroatoms. The normalized spacial score (nSPS) is 12.1. The van der Waals surface area contributed by atoms with Crippen molar-refractivity contribution < 1.29 is 13.9 Å². The van der Waals surface area contributed by atoms with Crippen LogP contribution in [-0.2, 0) is 11.3 Å². The summed E-state index contributed by atoms with van der Waals surface area (Å²) in [6.45, 7) is 8.61. The number of carbonyl (C=O) groups is 1. The lowest BCUT2D eigenvalue weighted by Crippen LogP contribution is -2.38. The molecule has 0 radical (unpaired) electrons. The summed E-state index contributed by atoms with van der Waals surface area (Å²) in [5.41, 5.74) is 11.4. The number of halogens is 1. The van der Waals surface area contributed by atoms with Crippen molar-refractivity contribution in [3.8, 4) is 0 Å². The standard InChI is InChI=1S/C16H26FN3O2/c1-15(2,9-16(3,4)22-14(19)21)10-20-13-7-12(17)6-5-11(13)8-18/h5-7,20H,8-10,18H2,1-4H3,(H2,19,21). The fraction of sp³-hybridized carbons (Fsp3) is 0.562. The van der Waals surface area contributed by atoms with Gasteiger partial charge in [0.1, 0.15) is 11.4 Å². The smallest absolute Gasteiger partial charge is 0.405 e. The van der Waals surface area contributed by atoms with E-state index in [-0.39, 0.29) is 11.2 Å². The van der Waals surface area contributed by atoms with Gasteiger partial charge in [0.05, 0.1) is 0 Å². The van der Waals surface area contributed by atoms with E-state index in [0.29, 0.717) is 25.2 Å². The molecule has 0 aromatic heterocycles. The van der Waals surface area contributed by atoms with Crippen LogP contribution in [0.3, 0.4) is 0 Å². The minimum atomic E-state index is -0.788. The number of anilines is 1. The first-order valence-electron chi connectivity index (χ1n) is 7.25. The Balaban J connectivity index is 2.73. The molecule has 1 aromatic rings. The molecule has 22 heavy (non-hydrogen) atoms. The number of carbonyl (C=O) groups excluding carboxylic acids is 1. The van der Waals surface area contributed by atoms with Gasteiger partial charge in [-0.15, -0.1) is 0 Å². The van der Waals surface area contributed by atoms with Crippen LogP contribution in [-0.4, -0.2) is 18.2 Å². The summed E-state index contributed by atoms with van der Waals surface area (Å²) in [5, 5.41) is 3.23. The maximum absolute atomic E-state index is 13.4. The van der Waals surface area contributed by atoms with Crippen molar-refractivity contribution in [2.45, 2.75) is 46.3 Å². The second-order valence-corrected chi connectivity index (χ2v) is 6.88. The Labute approximate surface area is 131 Å². The van der Waals surface area contributed by atoms with E-state index in [1.54, 1.807) is 6.07 Å². The maximum atomic E-state index is 13.4. The molecule has 0 bridgehead atoms. The monoisotopic (exact) mass is 311 g/mol. The third-order valence-electron chi connectivity index (χ3n) is 3.33. The van der Waals surface area contributed by atoms with Gasteiger partial charge in [0.2, 0.25) is 0 Å². The minimum Gasteiger partial charge on any atom is -0.444 e. The number of rotatable bonds is 7. The van der Waals surface area contributed by atoms with E-state index in [9.17, 15) is 9.18 Å². The fourth-order valence-electron chi connectivity index (χ4n) is 2.75. The van der Waals surface area contributed by atoms with Crippen LogP contribution in [0.2, 0.25) is 0 Å². The van der Waals surface area contributed by atoms with Crippen molar-refractivity contribution >= 4 is 11.8 Å². The molecule has 0 aliphatic carbocycles. The summed E-state index contributed by atoms with van der Waals surface area (Å²) < 4.78 is 18.5. The van der Waals surface area contributed by atoms with Gasteiger partial charge in [-0.05, 0) is 43.4 Å². The average molecular weight is 311 g/mol. The van der Waals surface area contributed by atoms with Crippen molar-refractivity contribution in [3.05, 3.63) is 29.6 Å². The molecule has 0 atom stereocenters. The largest absolute Gasteiger partial charge is 0.444 e. The molecule has 0 spiro atoms. The first kappa shape index (κ1) is 18.2. The van der Waals surface area contributed by atoms with E-state index in [0.717, 1.165) is 5.56 Å². The Bertz CT molecular complexity index is 530. The molecule has 1 rings (SSSR count). The molecule has 5 nitrogen and oxygen atoms in total. The minimum absolute atomic E-state index is 0.197. The number of nitrogens with one attached hydrogen (secondary N) is 1. The van der Waals surface area contributed by atoms with Crippen molar-refractivity contribution in [3.63, 3.8) is 0 Å². The number of hydrogen-bond donors (Lipinski definition) is 3. The summed E-state index contributed by atoms with van der Waals surface area (Å²) in [7, 11) is 0. The van der Waals surface area contributed by atoms with Crippen molar-refractivity contribution in [1.29, 1.82) is 0 Å². The van der Waals surface area contributed by atoms with Crippen LogP contribution in [0, 0.1) is 11.2 Å². The van der Waals surface area contributed by atoms with Gasteiger partial charge in [-0.1, -0.05) is 19.9 Å². The summed E-state index contributed by atoms with van der Waals surface area (Å²) in [6, 6.07) is 4.50. The number of amides is 1. The molecule has 0 aliphatic rings. The number of benzene rings is 1. The molecule has 0 saturated heterocycles. The van der Waals surface area contributed by atoms with E-state index >= 15 is 0 Å². The third kappa shape index (κ3) is 5.89. The van der Waals surface area contributed by atoms with Crippen molar-refractivity contribution in [1.82, 2.24) is 0 Å². The molecular formula is C16H26FN3O2. The van der Waals surface area contributed by atoms with Crippen LogP contribution in [0.5, 0.6) is 0 Å². The van der Waals surface area contributed by atoms with Gasteiger partial charge in [0.15, 0.2) is 0 Å². The van der Waals surface area contributed by atoms with Gasteiger partial charge in [0, 0.05) is 18.8 Å². The molecular weight excluding hydrogens is 285 g/mol. The van der Waals surface area contributed by atoms with Crippen LogP contribution in [0.15, 0.2) is 18.2 Å². The third-order valence-corrected chi connectivity index (χ3v) is 3.33. The molecule has 5 N–H and O–H groups in total. The van der Waals surface area contributed by atoms with Crippen LogP contribution >= 0.6 is 0 Å². The number of primary amides is 1. The summed E-state index contributed by atoms with van der Waals surface area (Å²) in [6.07, 6.45) is -0.187. The predicted octanol–water partition coefficient (Wildman–Crippen LogP) is 2.99. The molecule has 0 fully saturated rings. The second-order valence-electron chi connectivity index (χ2n) is 6.88. The lowest BCUT2D eigenvalue weighted by Gasteiger charge is -2.34. The van der Waals surface area contributed by atoms with Gasteiger partial charge in [-0.2, -0.15) is 0 Å². The summed E-state index contributed by atoms with van der Waals surface area (Å²) in [4.78, 5) is 10.9. The topological polar surface area (TPSA) is 90.4 Å². The molecule has 1 amide bonds. The van der Waals surface area contributed by atoms with Crippen molar-refractivity contribution in [2.75, 3.05) is 11.9 Å². The zero-order valence-electron chi connectivity index (χ0n) is 13.7. The predicted molar refractivity (Wildman–Crippen MR) is 85.9 cm³/mol. The molecule has 0 saturated carbocycles. The zero-order valence-corrected chi connectivity index (χ0v) is 13.7. The summed E-state index contributed by atoms with van der Waals surface area (Å²) in [5.74, 6) is -0.310.